The summed E-state index contributed by atoms with van der Waals surface area (Å²) in [7, 11) is 1.35. The van der Waals surface area contributed by atoms with Crippen molar-refractivity contribution in [2.75, 3.05) is 12.8 Å². The smallest absolute Gasteiger partial charge is 0.165 e. The Kier molecular flexibility index (Phi) is 3.87. The molecule has 19 heavy (non-hydrogen) atoms. The molecule has 100 valence electrons. The lowest BCUT2D eigenvalue weighted by molar-refractivity contribution is 0.220. The highest BCUT2D eigenvalue weighted by atomic mass is 35.5. The van der Waals surface area contributed by atoms with Crippen LogP contribution >= 0.6 is 11.6 Å². The zero-order valence-corrected chi connectivity index (χ0v) is 10.9. The number of nitrogens with two attached hydrogens (primary N) is 1. The lowest BCUT2D eigenvalue weighted by Crippen LogP contribution is -2.06. The normalized spacial score (nSPS) is 12.2. The summed E-state index contributed by atoms with van der Waals surface area (Å²) in [4.78, 5) is 3.87. The Bertz CT molecular complexity index is 607. The number of nitrogen functional groups attached to an aromatic ring is 1. The van der Waals surface area contributed by atoms with Crippen molar-refractivity contribution in [1.29, 1.82) is 0 Å². The van der Waals surface area contributed by atoms with E-state index in [1.807, 2.05) is 0 Å². The van der Waals surface area contributed by atoms with Gasteiger partial charge in [0.15, 0.2) is 11.6 Å². The van der Waals surface area contributed by atoms with E-state index in [9.17, 15) is 9.50 Å². The summed E-state index contributed by atoms with van der Waals surface area (Å²) in [6.45, 7) is 0. The highest BCUT2D eigenvalue weighted by Crippen LogP contribution is 2.30. The summed E-state index contributed by atoms with van der Waals surface area (Å²) in [6, 6.07) is 5.58. The van der Waals surface area contributed by atoms with Crippen LogP contribution < -0.4 is 10.5 Å². The van der Waals surface area contributed by atoms with E-state index in [0.717, 1.165) is 0 Å². The number of aliphatic hydroxyl groups is 1. The second kappa shape index (κ2) is 5.42. The van der Waals surface area contributed by atoms with Crippen LogP contribution in [0.4, 0.5) is 10.2 Å². The van der Waals surface area contributed by atoms with Crippen molar-refractivity contribution in [1.82, 2.24) is 4.98 Å². The van der Waals surface area contributed by atoms with Crippen LogP contribution in [0.5, 0.6) is 5.75 Å². The van der Waals surface area contributed by atoms with E-state index in [0.29, 0.717) is 16.1 Å². The van der Waals surface area contributed by atoms with Crippen LogP contribution in [-0.4, -0.2) is 17.2 Å². The monoisotopic (exact) mass is 282 g/mol. The Morgan fingerprint density at radius 3 is 2.84 bits per heavy atom. The number of hydrogen-bond acceptors (Lipinski definition) is 4. The molecular formula is C13H12ClFN2O2. The predicted octanol–water partition coefficient (Wildman–Crippen LogP) is 2.55. The molecule has 1 atom stereocenters. The molecule has 0 fully saturated rings. The zero-order chi connectivity index (χ0) is 14.0. The summed E-state index contributed by atoms with van der Waals surface area (Å²) in [5, 5.41) is 10.6. The number of aliphatic hydroxyl groups excluding tert-OH is 1. The number of aromatic nitrogens is 1. The van der Waals surface area contributed by atoms with Gasteiger partial charge in [-0.05, 0) is 23.8 Å². The molecule has 0 spiro atoms. The minimum atomic E-state index is -1.05. The molecule has 1 unspecified atom stereocenters. The summed E-state index contributed by atoms with van der Waals surface area (Å²) in [5.41, 5.74) is 6.49. The maximum atomic E-state index is 13.3. The van der Waals surface area contributed by atoms with E-state index < -0.39 is 11.9 Å². The number of hydrogen-bond donors (Lipinski definition) is 2. The van der Waals surface area contributed by atoms with Gasteiger partial charge in [0.05, 0.1) is 12.1 Å². The van der Waals surface area contributed by atoms with Crippen LogP contribution in [0.1, 0.15) is 17.2 Å². The number of benzene rings is 1. The molecule has 2 rings (SSSR count). The molecule has 1 aromatic carbocycles. The lowest BCUT2D eigenvalue weighted by atomic mass is 10.0. The number of anilines is 1. The molecule has 0 aliphatic carbocycles. The van der Waals surface area contributed by atoms with E-state index in [1.165, 1.54) is 37.6 Å². The Morgan fingerprint density at radius 1 is 1.42 bits per heavy atom. The van der Waals surface area contributed by atoms with Crippen LogP contribution in [0.2, 0.25) is 5.02 Å². The molecule has 0 amide bonds. The van der Waals surface area contributed by atoms with Crippen LogP contribution in [0, 0.1) is 5.82 Å². The molecule has 1 heterocycles. The van der Waals surface area contributed by atoms with E-state index in [1.54, 1.807) is 0 Å². The van der Waals surface area contributed by atoms with E-state index in [4.69, 9.17) is 22.1 Å². The zero-order valence-electron chi connectivity index (χ0n) is 10.1. The molecule has 0 saturated carbocycles. The highest BCUT2D eigenvalue weighted by molar-refractivity contribution is 6.30. The number of methoxy groups -OCH3 is 1. The topological polar surface area (TPSA) is 68.4 Å². The van der Waals surface area contributed by atoms with Gasteiger partial charge in [-0.2, -0.15) is 0 Å². The van der Waals surface area contributed by atoms with Gasteiger partial charge in [-0.1, -0.05) is 17.7 Å². The summed E-state index contributed by atoms with van der Waals surface area (Å²) < 4.78 is 18.2. The van der Waals surface area contributed by atoms with Gasteiger partial charge in [0, 0.05) is 11.8 Å². The Hall–Kier alpha value is -1.85. The second-order valence-electron chi connectivity index (χ2n) is 3.92. The van der Waals surface area contributed by atoms with Crippen LogP contribution in [0.25, 0.3) is 0 Å². The summed E-state index contributed by atoms with van der Waals surface area (Å²) in [6.07, 6.45) is 0.332. The number of halogens is 2. The van der Waals surface area contributed by atoms with Crippen molar-refractivity contribution in [3.63, 3.8) is 0 Å². The van der Waals surface area contributed by atoms with E-state index in [-0.39, 0.29) is 11.6 Å². The molecule has 0 aliphatic rings. The predicted molar refractivity (Wildman–Crippen MR) is 70.7 cm³/mol. The largest absolute Gasteiger partial charge is 0.494 e. The average Bonchev–Trinajstić information content (AvgIpc) is 2.41. The first-order valence-corrected chi connectivity index (χ1v) is 5.83. The van der Waals surface area contributed by atoms with Crippen molar-refractivity contribution in [2.45, 2.75) is 6.10 Å². The third-order valence-electron chi connectivity index (χ3n) is 2.70. The molecule has 2 aromatic rings. The maximum Gasteiger partial charge on any atom is 0.165 e. The Morgan fingerprint density at radius 2 is 2.16 bits per heavy atom. The molecule has 0 bridgehead atoms. The van der Waals surface area contributed by atoms with E-state index >= 15 is 0 Å². The molecule has 3 N–H and O–H groups in total. The van der Waals surface area contributed by atoms with E-state index in [2.05, 4.69) is 4.98 Å². The second-order valence-corrected chi connectivity index (χ2v) is 4.36. The van der Waals surface area contributed by atoms with Gasteiger partial charge >= 0.3 is 0 Å². The van der Waals surface area contributed by atoms with Gasteiger partial charge in [0.25, 0.3) is 0 Å². The third-order valence-corrected chi connectivity index (χ3v) is 2.91. The number of pyridine rings is 1. The van der Waals surface area contributed by atoms with Crippen LogP contribution in [-0.2, 0) is 0 Å². The first-order valence-electron chi connectivity index (χ1n) is 5.45. The Balaban J connectivity index is 2.43. The summed E-state index contributed by atoms with van der Waals surface area (Å²) >= 11 is 5.82. The fraction of sp³-hybridized carbons (Fsp3) is 0.154. The van der Waals surface area contributed by atoms with Crippen molar-refractivity contribution in [3.05, 3.63) is 52.4 Å². The molecule has 6 heteroatoms. The van der Waals surface area contributed by atoms with Gasteiger partial charge in [0.2, 0.25) is 0 Å². The summed E-state index contributed by atoms with van der Waals surface area (Å²) in [5.74, 6) is -0.291. The number of nitrogens with zero attached hydrogens (tertiary/aromatic N) is 1. The molecular weight excluding hydrogens is 271 g/mol. The van der Waals surface area contributed by atoms with Gasteiger partial charge in [-0.25, -0.2) is 9.37 Å². The first kappa shape index (κ1) is 13.6. The maximum absolute atomic E-state index is 13.3. The number of rotatable bonds is 3. The average molecular weight is 283 g/mol. The minimum absolute atomic E-state index is 0.0464. The van der Waals surface area contributed by atoms with Gasteiger partial charge in [-0.15, -0.1) is 0 Å². The Labute approximate surface area is 114 Å². The SMILES string of the molecule is COc1cc(C(O)c2cc(Cl)cnc2N)ccc1F. The first-order chi connectivity index (χ1) is 9.02. The fourth-order valence-corrected chi connectivity index (χ4v) is 1.88. The highest BCUT2D eigenvalue weighted by Gasteiger charge is 2.17. The number of ether oxygens (including phenoxy) is 1. The lowest BCUT2D eigenvalue weighted by Gasteiger charge is -2.14. The van der Waals surface area contributed by atoms with Crippen LogP contribution in [0.15, 0.2) is 30.5 Å². The molecule has 4 nitrogen and oxygen atoms in total. The van der Waals surface area contributed by atoms with Crippen LogP contribution in [0.3, 0.4) is 0 Å². The minimum Gasteiger partial charge on any atom is -0.494 e. The molecule has 1 aromatic heterocycles. The van der Waals surface area contributed by atoms with Crippen molar-refractivity contribution < 1.29 is 14.2 Å². The quantitative estimate of drug-likeness (QED) is 0.908. The van der Waals surface area contributed by atoms with Crippen molar-refractivity contribution in [2.24, 2.45) is 0 Å². The van der Waals surface area contributed by atoms with Gasteiger partial charge in [-0.3, -0.25) is 0 Å². The van der Waals surface area contributed by atoms with Crippen molar-refractivity contribution in [3.8, 4) is 5.75 Å². The molecule has 0 aliphatic heterocycles. The third kappa shape index (κ3) is 2.77. The van der Waals surface area contributed by atoms with Gasteiger partial charge < -0.3 is 15.6 Å². The molecule has 0 saturated heterocycles. The molecule has 0 radical (unpaired) electrons. The van der Waals surface area contributed by atoms with Crippen molar-refractivity contribution >= 4 is 17.4 Å². The standard InChI is InChI=1S/C13H12ClFN2O2/c1-19-11-4-7(2-3-10(11)15)12(18)9-5-8(14)6-17-13(9)16/h2-6,12,18H,1H3,(H2,16,17). The van der Waals surface area contributed by atoms with Gasteiger partial charge in [0.1, 0.15) is 11.9 Å². The fourth-order valence-electron chi connectivity index (χ4n) is 1.71.